The van der Waals surface area contributed by atoms with Crippen LogP contribution < -0.4 is 15.0 Å². The molecule has 0 bridgehead atoms. The quantitative estimate of drug-likeness (QED) is 0.0830. The number of ether oxygens (including phenoxy) is 1. The van der Waals surface area contributed by atoms with Crippen LogP contribution in [-0.4, -0.2) is 42.0 Å². The van der Waals surface area contributed by atoms with Gasteiger partial charge < -0.3 is 20.1 Å². The van der Waals surface area contributed by atoms with Crippen molar-refractivity contribution in [3.63, 3.8) is 0 Å². The predicted molar refractivity (Wildman–Crippen MR) is 170 cm³/mol. The average Bonchev–Trinajstić information content (AvgIpc) is 3.05. The van der Waals surface area contributed by atoms with Crippen molar-refractivity contribution in [2.75, 3.05) is 23.4 Å². The summed E-state index contributed by atoms with van der Waals surface area (Å²) in [5.41, 5.74) is 2.36. The number of allylic oxidation sites excluding steroid dienone is 1. The van der Waals surface area contributed by atoms with Crippen molar-refractivity contribution in [2.24, 2.45) is 0 Å². The molecule has 0 radical (unpaired) electrons. The van der Waals surface area contributed by atoms with Crippen LogP contribution in [0.25, 0.3) is 0 Å². The van der Waals surface area contributed by atoms with E-state index in [9.17, 15) is 23.9 Å². The Balaban J connectivity index is 1.35. The molecule has 0 aliphatic rings. The number of amides is 1. The number of nitrogens with zero attached hydrogens (tertiary/aromatic N) is 1. The van der Waals surface area contributed by atoms with Crippen molar-refractivity contribution in [1.82, 2.24) is 0 Å². The van der Waals surface area contributed by atoms with Crippen LogP contribution in [0, 0.1) is 5.82 Å². The highest BCUT2D eigenvalue weighted by Crippen LogP contribution is 2.23. The van der Waals surface area contributed by atoms with Gasteiger partial charge >= 0.3 is 5.97 Å². The smallest absolute Gasteiger partial charge is 0.326 e. The SMILES string of the molecule is C=CCCC(=O)N(CCCOc1ccc(C[C@H](Nc2ccccc2C(=O)c2ccccc2)C(=O)O)cc1)c1ccccc1F. The molecule has 0 unspecified atom stereocenters. The van der Waals surface area contributed by atoms with E-state index in [1.54, 1.807) is 97.1 Å². The summed E-state index contributed by atoms with van der Waals surface area (Å²) < 4.78 is 20.3. The number of rotatable bonds is 16. The molecule has 1 amide bonds. The molecule has 0 fully saturated rings. The first-order valence-electron chi connectivity index (χ1n) is 14.4. The number of carboxylic acids is 1. The maximum Gasteiger partial charge on any atom is 0.326 e. The zero-order chi connectivity index (χ0) is 31.3. The number of carbonyl (C=O) groups is 3. The minimum absolute atomic E-state index is 0.174. The van der Waals surface area contributed by atoms with E-state index in [-0.39, 0.29) is 36.8 Å². The van der Waals surface area contributed by atoms with Crippen LogP contribution in [0.15, 0.2) is 116 Å². The van der Waals surface area contributed by atoms with Gasteiger partial charge in [-0.05, 0) is 54.8 Å². The highest BCUT2D eigenvalue weighted by atomic mass is 19.1. The summed E-state index contributed by atoms with van der Waals surface area (Å²) in [5.74, 6) is -1.31. The van der Waals surface area contributed by atoms with E-state index in [1.165, 1.54) is 11.0 Å². The Labute approximate surface area is 256 Å². The summed E-state index contributed by atoms with van der Waals surface area (Å²) in [6.07, 6.45) is 3.05. The molecule has 0 heterocycles. The molecule has 4 aromatic carbocycles. The number of nitrogens with one attached hydrogen (secondary N) is 1. The molecule has 0 aromatic heterocycles. The number of benzene rings is 4. The Bertz CT molecular complexity index is 1570. The zero-order valence-electron chi connectivity index (χ0n) is 24.3. The van der Waals surface area contributed by atoms with Crippen molar-refractivity contribution in [1.29, 1.82) is 0 Å². The number of ketones is 1. The Morgan fingerprint density at radius 2 is 1.59 bits per heavy atom. The van der Waals surface area contributed by atoms with E-state index >= 15 is 0 Å². The molecular formula is C36H35FN2O5. The van der Waals surface area contributed by atoms with E-state index in [0.717, 1.165) is 5.56 Å². The first-order valence-corrected chi connectivity index (χ1v) is 14.4. The second-order valence-electron chi connectivity index (χ2n) is 10.2. The molecular weight excluding hydrogens is 559 g/mol. The number of hydrogen-bond donors (Lipinski definition) is 2. The molecule has 0 aliphatic carbocycles. The lowest BCUT2D eigenvalue weighted by atomic mass is 10.00. The third-order valence-corrected chi connectivity index (χ3v) is 7.00. The van der Waals surface area contributed by atoms with Gasteiger partial charge in [0.2, 0.25) is 5.91 Å². The van der Waals surface area contributed by atoms with Gasteiger partial charge in [0.25, 0.3) is 0 Å². The van der Waals surface area contributed by atoms with Crippen LogP contribution in [-0.2, 0) is 16.0 Å². The molecule has 8 heteroatoms. The van der Waals surface area contributed by atoms with Crippen LogP contribution >= 0.6 is 0 Å². The van der Waals surface area contributed by atoms with E-state index in [1.807, 2.05) is 6.07 Å². The Hall–Kier alpha value is -5.24. The van der Waals surface area contributed by atoms with Crippen LogP contribution in [0.5, 0.6) is 5.75 Å². The van der Waals surface area contributed by atoms with E-state index in [4.69, 9.17) is 4.74 Å². The summed E-state index contributed by atoms with van der Waals surface area (Å²) in [6, 6.07) is 28.0. The van der Waals surface area contributed by atoms with Gasteiger partial charge in [-0.2, -0.15) is 0 Å². The zero-order valence-corrected chi connectivity index (χ0v) is 24.3. The number of para-hydroxylation sites is 2. The molecule has 2 N–H and O–H groups in total. The molecule has 0 aliphatic heterocycles. The molecule has 44 heavy (non-hydrogen) atoms. The fraction of sp³-hybridized carbons (Fsp3) is 0.194. The highest BCUT2D eigenvalue weighted by molar-refractivity contribution is 6.12. The maximum atomic E-state index is 14.4. The van der Waals surface area contributed by atoms with Gasteiger partial charge in [-0.25, -0.2) is 9.18 Å². The fourth-order valence-corrected chi connectivity index (χ4v) is 4.72. The molecule has 4 rings (SSSR count). The largest absolute Gasteiger partial charge is 0.494 e. The van der Waals surface area contributed by atoms with E-state index in [0.29, 0.717) is 42.0 Å². The minimum atomic E-state index is -1.05. The second-order valence-corrected chi connectivity index (χ2v) is 10.2. The van der Waals surface area contributed by atoms with Gasteiger partial charge in [0.05, 0.1) is 12.3 Å². The Morgan fingerprint density at radius 3 is 2.30 bits per heavy atom. The number of halogens is 1. The number of carboxylic acid groups (broad SMARTS) is 1. The number of aliphatic carboxylic acids is 1. The van der Waals surface area contributed by atoms with Gasteiger partial charge in [-0.3, -0.25) is 9.59 Å². The van der Waals surface area contributed by atoms with Gasteiger partial charge in [0.1, 0.15) is 17.6 Å². The number of hydrogen-bond acceptors (Lipinski definition) is 5. The van der Waals surface area contributed by atoms with E-state index < -0.39 is 17.8 Å². The Morgan fingerprint density at radius 1 is 0.909 bits per heavy atom. The third-order valence-electron chi connectivity index (χ3n) is 7.00. The lowest BCUT2D eigenvalue weighted by Gasteiger charge is -2.23. The third kappa shape index (κ3) is 8.64. The number of anilines is 2. The van der Waals surface area contributed by atoms with Crippen LogP contribution in [0.2, 0.25) is 0 Å². The van der Waals surface area contributed by atoms with Crippen molar-refractivity contribution >= 4 is 29.0 Å². The first kappa shape index (κ1) is 31.7. The summed E-state index contributed by atoms with van der Waals surface area (Å²) in [5, 5.41) is 13.0. The molecule has 1 atom stereocenters. The number of carbonyl (C=O) groups excluding carboxylic acids is 2. The highest BCUT2D eigenvalue weighted by Gasteiger charge is 2.22. The minimum Gasteiger partial charge on any atom is -0.494 e. The molecule has 226 valence electrons. The van der Waals surface area contributed by atoms with Crippen molar-refractivity contribution in [3.8, 4) is 5.75 Å². The van der Waals surface area contributed by atoms with Crippen molar-refractivity contribution < 1.29 is 28.6 Å². The standard InChI is InChI=1S/C36H35FN2O5/c1-2-3-18-34(40)39(33-17-10-8-15-30(33)37)23-11-24-44-28-21-19-26(20-22-28)25-32(36(42)43)38-31-16-9-7-14-29(31)35(41)27-12-5-4-6-13-27/h2,4-10,12-17,19-22,32,38H,1,3,11,18,23-25H2,(H,42,43)/t32-/m0/s1. The summed E-state index contributed by atoms with van der Waals surface area (Å²) in [7, 11) is 0. The molecule has 0 saturated heterocycles. The molecule has 4 aromatic rings. The predicted octanol–water partition coefficient (Wildman–Crippen LogP) is 6.93. The Kier molecular flexibility index (Phi) is 11.4. The summed E-state index contributed by atoms with van der Waals surface area (Å²) >= 11 is 0. The summed E-state index contributed by atoms with van der Waals surface area (Å²) in [4.78, 5) is 39.4. The maximum absolute atomic E-state index is 14.4. The summed E-state index contributed by atoms with van der Waals surface area (Å²) in [6.45, 7) is 4.23. The van der Waals surface area contributed by atoms with Crippen LogP contribution in [0.1, 0.15) is 40.7 Å². The lowest BCUT2D eigenvalue weighted by Crippen LogP contribution is -2.33. The van der Waals surface area contributed by atoms with Gasteiger partial charge in [0, 0.05) is 36.2 Å². The fourth-order valence-electron chi connectivity index (χ4n) is 4.72. The van der Waals surface area contributed by atoms with E-state index in [2.05, 4.69) is 11.9 Å². The average molecular weight is 595 g/mol. The normalized spacial score (nSPS) is 11.3. The lowest BCUT2D eigenvalue weighted by molar-refractivity contribution is -0.137. The van der Waals surface area contributed by atoms with Gasteiger partial charge in [0.15, 0.2) is 5.78 Å². The van der Waals surface area contributed by atoms with Gasteiger partial charge in [-0.15, -0.1) is 6.58 Å². The second kappa shape index (κ2) is 15.8. The van der Waals surface area contributed by atoms with Crippen LogP contribution in [0.3, 0.4) is 0 Å². The molecule has 7 nitrogen and oxygen atoms in total. The van der Waals surface area contributed by atoms with Crippen molar-refractivity contribution in [3.05, 3.63) is 138 Å². The van der Waals surface area contributed by atoms with Crippen LogP contribution in [0.4, 0.5) is 15.8 Å². The monoisotopic (exact) mass is 594 g/mol. The molecule has 0 spiro atoms. The molecule has 0 saturated carbocycles. The van der Waals surface area contributed by atoms with Gasteiger partial charge in [-0.1, -0.05) is 72.8 Å². The van der Waals surface area contributed by atoms with Crippen molar-refractivity contribution in [2.45, 2.75) is 31.7 Å². The first-order chi connectivity index (χ1) is 21.4. The topological polar surface area (TPSA) is 95.9 Å².